The van der Waals surface area contributed by atoms with Gasteiger partial charge in [0, 0.05) is 5.54 Å². The lowest BCUT2D eigenvalue weighted by molar-refractivity contribution is 0.242. The van der Waals surface area contributed by atoms with Gasteiger partial charge < -0.3 is 10.1 Å². The van der Waals surface area contributed by atoms with E-state index in [1.54, 1.807) is 0 Å². The second-order valence-corrected chi connectivity index (χ2v) is 6.10. The standard InChI is InChI=1S/C17H27NO/c1-14(2)19-16-11-9-15(10-12-16)8-6-7-13-18-17(3,4)5/h6,8-12,14,18H,7,13H2,1-5H3. The summed E-state index contributed by atoms with van der Waals surface area (Å²) in [7, 11) is 0. The van der Waals surface area contributed by atoms with Crippen molar-refractivity contribution in [2.24, 2.45) is 0 Å². The van der Waals surface area contributed by atoms with Gasteiger partial charge in [-0.3, -0.25) is 0 Å². The fourth-order valence-electron chi connectivity index (χ4n) is 1.68. The van der Waals surface area contributed by atoms with E-state index in [4.69, 9.17) is 4.74 Å². The third-order valence-electron chi connectivity index (χ3n) is 2.53. The van der Waals surface area contributed by atoms with Gasteiger partial charge in [-0.25, -0.2) is 0 Å². The second kappa shape index (κ2) is 7.34. The Kier molecular flexibility index (Phi) is 6.10. The molecule has 2 nitrogen and oxygen atoms in total. The van der Waals surface area contributed by atoms with E-state index in [1.165, 1.54) is 5.56 Å². The minimum atomic E-state index is 0.198. The summed E-state index contributed by atoms with van der Waals surface area (Å²) in [5.41, 5.74) is 1.41. The van der Waals surface area contributed by atoms with Crippen molar-refractivity contribution >= 4 is 6.08 Å². The van der Waals surface area contributed by atoms with Crippen LogP contribution in [0.4, 0.5) is 0 Å². The van der Waals surface area contributed by atoms with Gasteiger partial charge in [0.05, 0.1) is 6.10 Å². The zero-order valence-electron chi connectivity index (χ0n) is 12.9. The average molecular weight is 261 g/mol. The van der Waals surface area contributed by atoms with E-state index in [9.17, 15) is 0 Å². The molecule has 0 spiro atoms. The first-order valence-electron chi connectivity index (χ1n) is 7.05. The van der Waals surface area contributed by atoms with E-state index in [0.717, 1.165) is 18.7 Å². The average Bonchev–Trinajstić information content (AvgIpc) is 2.28. The highest BCUT2D eigenvalue weighted by atomic mass is 16.5. The monoisotopic (exact) mass is 261 g/mol. The Labute approximate surface area is 117 Å². The molecule has 1 N–H and O–H groups in total. The molecule has 0 radical (unpaired) electrons. The number of hydrogen-bond acceptors (Lipinski definition) is 2. The van der Waals surface area contributed by atoms with Crippen molar-refractivity contribution in [3.63, 3.8) is 0 Å². The van der Waals surface area contributed by atoms with E-state index >= 15 is 0 Å². The number of benzene rings is 1. The van der Waals surface area contributed by atoms with E-state index in [1.807, 2.05) is 26.0 Å². The molecule has 0 saturated carbocycles. The van der Waals surface area contributed by atoms with Crippen LogP contribution in [0.2, 0.25) is 0 Å². The van der Waals surface area contributed by atoms with Crippen molar-refractivity contribution in [1.82, 2.24) is 5.32 Å². The molecule has 0 fully saturated rings. The third kappa shape index (κ3) is 7.68. The predicted molar refractivity (Wildman–Crippen MR) is 83.6 cm³/mol. The van der Waals surface area contributed by atoms with Crippen LogP contribution in [0, 0.1) is 0 Å². The lowest BCUT2D eigenvalue weighted by Crippen LogP contribution is -2.36. The van der Waals surface area contributed by atoms with Crippen LogP contribution in [-0.4, -0.2) is 18.2 Å². The van der Waals surface area contributed by atoms with Gasteiger partial charge in [-0.1, -0.05) is 24.3 Å². The van der Waals surface area contributed by atoms with Crippen LogP contribution >= 0.6 is 0 Å². The van der Waals surface area contributed by atoms with Crippen molar-refractivity contribution in [1.29, 1.82) is 0 Å². The summed E-state index contributed by atoms with van der Waals surface area (Å²) in [6.45, 7) is 11.6. The molecular formula is C17H27NO. The van der Waals surface area contributed by atoms with Crippen molar-refractivity contribution in [3.05, 3.63) is 35.9 Å². The molecule has 0 aliphatic rings. The highest BCUT2D eigenvalue weighted by molar-refractivity contribution is 5.50. The Hall–Kier alpha value is -1.28. The van der Waals surface area contributed by atoms with Crippen molar-refractivity contribution in [2.45, 2.75) is 52.7 Å². The number of nitrogens with one attached hydrogen (secondary N) is 1. The predicted octanol–water partition coefficient (Wildman–Crippen LogP) is 4.27. The lowest BCUT2D eigenvalue weighted by Gasteiger charge is -2.19. The van der Waals surface area contributed by atoms with Gasteiger partial charge in [-0.15, -0.1) is 0 Å². The molecule has 0 unspecified atom stereocenters. The van der Waals surface area contributed by atoms with Crippen LogP contribution in [0.15, 0.2) is 30.3 Å². The quantitative estimate of drug-likeness (QED) is 0.772. The molecule has 0 atom stereocenters. The van der Waals surface area contributed by atoms with Gasteiger partial charge in [0.1, 0.15) is 5.75 Å². The zero-order valence-corrected chi connectivity index (χ0v) is 12.9. The summed E-state index contributed by atoms with van der Waals surface area (Å²) in [5, 5.41) is 3.47. The second-order valence-electron chi connectivity index (χ2n) is 6.10. The molecule has 19 heavy (non-hydrogen) atoms. The summed E-state index contributed by atoms with van der Waals surface area (Å²) in [4.78, 5) is 0. The van der Waals surface area contributed by atoms with Crippen LogP contribution in [0.1, 0.15) is 46.6 Å². The van der Waals surface area contributed by atoms with Crippen LogP contribution in [0.25, 0.3) is 6.08 Å². The first-order valence-corrected chi connectivity index (χ1v) is 7.05. The molecule has 1 aromatic rings. The molecule has 0 aliphatic carbocycles. The van der Waals surface area contributed by atoms with Crippen LogP contribution < -0.4 is 10.1 Å². The summed E-state index contributed by atoms with van der Waals surface area (Å²) in [6.07, 6.45) is 5.63. The maximum Gasteiger partial charge on any atom is 0.119 e. The minimum absolute atomic E-state index is 0.198. The maximum atomic E-state index is 5.62. The Balaban J connectivity index is 2.36. The minimum Gasteiger partial charge on any atom is -0.491 e. The van der Waals surface area contributed by atoms with Gasteiger partial charge in [0.15, 0.2) is 0 Å². The number of rotatable bonds is 6. The maximum absolute atomic E-state index is 5.62. The highest BCUT2D eigenvalue weighted by Gasteiger charge is 2.06. The van der Waals surface area contributed by atoms with Gasteiger partial charge in [0.25, 0.3) is 0 Å². The Bertz CT molecular complexity index is 385. The van der Waals surface area contributed by atoms with Crippen molar-refractivity contribution < 1.29 is 4.74 Å². The smallest absolute Gasteiger partial charge is 0.119 e. The summed E-state index contributed by atoms with van der Waals surface area (Å²) < 4.78 is 5.62. The lowest BCUT2D eigenvalue weighted by atomic mass is 10.1. The highest BCUT2D eigenvalue weighted by Crippen LogP contribution is 2.14. The Morgan fingerprint density at radius 3 is 2.32 bits per heavy atom. The van der Waals surface area contributed by atoms with Crippen molar-refractivity contribution in [2.75, 3.05) is 6.54 Å². The van der Waals surface area contributed by atoms with E-state index in [-0.39, 0.29) is 11.6 Å². The topological polar surface area (TPSA) is 21.3 Å². The molecule has 2 heteroatoms. The fourth-order valence-corrected chi connectivity index (χ4v) is 1.68. The fraction of sp³-hybridized carbons (Fsp3) is 0.529. The van der Waals surface area contributed by atoms with Crippen LogP contribution in [0.3, 0.4) is 0 Å². The molecular weight excluding hydrogens is 234 g/mol. The molecule has 0 aliphatic heterocycles. The Morgan fingerprint density at radius 2 is 1.79 bits per heavy atom. The first-order chi connectivity index (χ1) is 8.87. The molecule has 0 aromatic heterocycles. The molecule has 106 valence electrons. The SMILES string of the molecule is CC(C)Oc1ccc(C=CCCNC(C)(C)C)cc1. The molecule has 1 aromatic carbocycles. The van der Waals surface area contributed by atoms with Gasteiger partial charge in [-0.2, -0.15) is 0 Å². The molecule has 0 heterocycles. The van der Waals surface area contributed by atoms with Gasteiger partial charge in [0.2, 0.25) is 0 Å². The third-order valence-corrected chi connectivity index (χ3v) is 2.53. The summed E-state index contributed by atoms with van der Waals surface area (Å²) in [5.74, 6) is 0.932. The normalized spacial score (nSPS) is 12.3. The largest absolute Gasteiger partial charge is 0.491 e. The zero-order chi connectivity index (χ0) is 14.3. The summed E-state index contributed by atoms with van der Waals surface area (Å²) >= 11 is 0. The van der Waals surface area contributed by atoms with Gasteiger partial charge >= 0.3 is 0 Å². The van der Waals surface area contributed by atoms with Crippen LogP contribution in [0.5, 0.6) is 5.75 Å². The molecule has 1 rings (SSSR count). The van der Waals surface area contributed by atoms with Gasteiger partial charge in [-0.05, 0) is 65.3 Å². The molecule has 0 bridgehead atoms. The number of ether oxygens (including phenoxy) is 1. The first kappa shape index (κ1) is 15.8. The number of hydrogen-bond donors (Lipinski definition) is 1. The summed E-state index contributed by atoms with van der Waals surface area (Å²) in [6, 6.07) is 8.22. The van der Waals surface area contributed by atoms with Crippen LogP contribution in [-0.2, 0) is 0 Å². The van der Waals surface area contributed by atoms with Crippen molar-refractivity contribution in [3.8, 4) is 5.75 Å². The molecule has 0 saturated heterocycles. The van der Waals surface area contributed by atoms with E-state index < -0.39 is 0 Å². The molecule has 0 amide bonds. The van der Waals surface area contributed by atoms with E-state index in [0.29, 0.717) is 0 Å². The Morgan fingerprint density at radius 1 is 1.16 bits per heavy atom. The van der Waals surface area contributed by atoms with E-state index in [2.05, 4.69) is 50.4 Å².